The molecule has 2 aromatic rings. The van der Waals surface area contributed by atoms with E-state index in [0.29, 0.717) is 0 Å². The molecular formula is C17H22O. The molecule has 0 aliphatic heterocycles. The van der Waals surface area contributed by atoms with Gasteiger partial charge in [0.1, 0.15) is 5.75 Å². The van der Waals surface area contributed by atoms with Gasteiger partial charge < -0.3 is 4.74 Å². The fourth-order valence-corrected chi connectivity index (χ4v) is 1.88. The Morgan fingerprint density at radius 3 is 2.06 bits per heavy atom. The summed E-state index contributed by atoms with van der Waals surface area (Å²) >= 11 is 0. The Balaban J connectivity index is 0.000000771. The molecule has 0 spiro atoms. The van der Waals surface area contributed by atoms with E-state index in [1.54, 1.807) is 7.11 Å². The lowest BCUT2D eigenvalue weighted by Crippen LogP contribution is -1.87. The maximum Gasteiger partial charge on any atom is 0.121 e. The smallest absolute Gasteiger partial charge is 0.121 e. The van der Waals surface area contributed by atoms with Gasteiger partial charge >= 0.3 is 0 Å². The van der Waals surface area contributed by atoms with Gasteiger partial charge in [-0.1, -0.05) is 49.7 Å². The molecule has 0 N–H and O–H groups in total. The lowest BCUT2D eigenvalue weighted by Gasteiger charge is -2.08. The van der Waals surface area contributed by atoms with Crippen molar-refractivity contribution >= 4 is 0 Å². The maximum absolute atomic E-state index is 5.26. The minimum absolute atomic E-state index is 0.941. The highest BCUT2D eigenvalue weighted by Gasteiger charge is 2.02. The summed E-state index contributed by atoms with van der Waals surface area (Å²) in [5.74, 6) is 0.941. The van der Waals surface area contributed by atoms with Crippen LogP contribution in [0.4, 0.5) is 0 Å². The van der Waals surface area contributed by atoms with E-state index in [4.69, 9.17) is 4.74 Å². The van der Waals surface area contributed by atoms with Crippen molar-refractivity contribution < 1.29 is 4.74 Å². The van der Waals surface area contributed by atoms with Crippen LogP contribution in [0.1, 0.15) is 25.0 Å². The van der Waals surface area contributed by atoms with Gasteiger partial charge in [0.2, 0.25) is 0 Å². The van der Waals surface area contributed by atoms with Crippen LogP contribution in [-0.2, 0) is 0 Å². The van der Waals surface area contributed by atoms with Gasteiger partial charge in [0, 0.05) is 0 Å². The van der Waals surface area contributed by atoms with E-state index < -0.39 is 0 Å². The molecule has 0 amide bonds. The Bertz CT molecular complexity index is 501. The largest absolute Gasteiger partial charge is 0.496 e. The first-order valence-electron chi connectivity index (χ1n) is 6.42. The summed E-state index contributed by atoms with van der Waals surface area (Å²) in [6, 6.07) is 14.8. The quantitative estimate of drug-likeness (QED) is 0.719. The topological polar surface area (TPSA) is 9.23 Å². The van der Waals surface area contributed by atoms with E-state index in [0.717, 1.165) is 5.75 Å². The van der Waals surface area contributed by atoms with Crippen LogP contribution < -0.4 is 4.74 Å². The Labute approximate surface area is 110 Å². The average molecular weight is 242 g/mol. The second-order valence-corrected chi connectivity index (χ2v) is 4.05. The van der Waals surface area contributed by atoms with Gasteiger partial charge in [0.05, 0.1) is 7.11 Å². The summed E-state index contributed by atoms with van der Waals surface area (Å²) in [5, 5.41) is 0. The van der Waals surface area contributed by atoms with Crippen LogP contribution in [0.5, 0.6) is 5.75 Å². The Kier molecular flexibility index (Phi) is 5.44. The van der Waals surface area contributed by atoms with E-state index >= 15 is 0 Å². The summed E-state index contributed by atoms with van der Waals surface area (Å²) in [6.45, 7) is 8.18. The third-order valence-corrected chi connectivity index (χ3v) is 2.75. The fraction of sp³-hybridized carbons (Fsp3) is 0.294. The van der Waals surface area contributed by atoms with Gasteiger partial charge in [0.25, 0.3) is 0 Å². The number of aryl methyl sites for hydroxylation is 2. The van der Waals surface area contributed by atoms with Crippen LogP contribution in [0.25, 0.3) is 11.1 Å². The molecule has 96 valence electrons. The Hall–Kier alpha value is -1.76. The van der Waals surface area contributed by atoms with Crippen molar-refractivity contribution in [3.63, 3.8) is 0 Å². The van der Waals surface area contributed by atoms with Crippen LogP contribution in [0.15, 0.2) is 42.5 Å². The summed E-state index contributed by atoms with van der Waals surface area (Å²) in [5.41, 5.74) is 4.94. The summed E-state index contributed by atoms with van der Waals surface area (Å²) in [7, 11) is 1.70. The number of hydrogen-bond donors (Lipinski definition) is 0. The predicted octanol–water partition coefficient (Wildman–Crippen LogP) is 5.01. The van der Waals surface area contributed by atoms with Crippen molar-refractivity contribution in [2.24, 2.45) is 0 Å². The molecule has 2 rings (SSSR count). The van der Waals surface area contributed by atoms with Crippen LogP contribution in [0.2, 0.25) is 0 Å². The SMILES string of the molecule is CC.COc1ccc(-c2cccc(C)c2)cc1C. The van der Waals surface area contributed by atoms with Crippen molar-refractivity contribution in [2.75, 3.05) is 7.11 Å². The lowest BCUT2D eigenvalue weighted by atomic mass is 10.0. The number of ether oxygens (including phenoxy) is 1. The van der Waals surface area contributed by atoms with Crippen molar-refractivity contribution in [3.05, 3.63) is 53.6 Å². The molecule has 0 heterocycles. The Morgan fingerprint density at radius 2 is 1.50 bits per heavy atom. The zero-order valence-electron chi connectivity index (χ0n) is 11.9. The minimum Gasteiger partial charge on any atom is -0.496 e. The van der Waals surface area contributed by atoms with E-state index in [-0.39, 0.29) is 0 Å². The maximum atomic E-state index is 5.26. The van der Waals surface area contributed by atoms with Crippen molar-refractivity contribution in [2.45, 2.75) is 27.7 Å². The van der Waals surface area contributed by atoms with Gasteiger partial charge in [-0.15, -0.1) is 0 Å². The highest BCUT2D eigenvalue weighted by atomic mass is 16.5. The molecule has 0 unspecified atom stereocenters. The fourth-order valence-electron chi connectivity index (χ4n) is 1.88. The number of benzene rings is 2. The summed E-state index contributed by atoms with van der Waals surface area (Å²) < 4.78 is 5.26. The highest BCUT2D eigenvalue weighted by Crippen LogP contribution is 2.26. The third-order valence-electron chi connectivity index (χ3n) is 2.75. The molecule has 0 bridgehead atoms. The first-order chi connectivity index (χ1) is 8.70. The van der Waals surface area contributed by atoms with Crippen LogP contribution in [0.3, 0.4) is 0 Å². The van der Waals surface area contributed by atoms with Crippen LogP contribution in [0, 0.1) is 13.8 Å². The molecule has 0 aliphatic rings. The number of hydrogen-bond acceptors (Lipinski definition) is 1. The van der Waals surface area contributed by atoms with E-state index in [1.807, 2.05) is 19.9 Å². The summed E-state index contributed by atoms with van der Waals surface area (Å²) in [4.78, 5) is 0. The molecule has 0 saturated heterocycles. The number of rotatable bonds is 2. The molecule has 18 heavy (non-hydrogen) atoms. The molecule has 0 aromatic heterocycles. The van der Waals surface area contributed by atoms with Gasteiger partial charge in [0.15, 0.2) is 0 Å². The van der Waals surface area contributed by atoms with Crippen molar-refractivity contribution in [3.8, 4) is 16.9 Å². The normalized spacial score (nSPS) is 9.39. The monoisotopic (exact) mass is 242 g/mol. The molecule has 1 nitrogen and oxygen atoms in total. The van der Waals surface area contributed by atoms with Gasteiger partial charge in [-0.25, -0.2) is 0 Å². The van der Waals surface area contributed by atoms with Gasteiger partial charge in [-0.2, -0.15) is 0 Å². The molecule has 1 heteroatoms. The standard InChI is InChI=1S/C15H16O.C2H6/c1-11-5-4-6-13(9-11)14-7-8-15(16-3)12(2)10-14;1-2/h4-10H,1-3H3;1-2H3. The van der Waals surface area contributed by atoms with Crippen LogP contribution >= 0.6 is 0 Å². The molecule has 0 fully saturated rings. The minimum atomic E-state index is 0.941. The lowest BCUT2D eigenvalue weighted by molar-refractivity contribution is 0.412. The second-order valence-electron chi connectivity index (χ2n) is 4.05. The Morgan fingerprint density at radius 1 is 0.833 bits per heavy atom. The van der Waals surface area contributed by atoms with Crippen LogP contribution in [-0.4, -0.2) is 7.11 Å². The number of methoxy groups -OCH3 is 1. The van der Waals surface area contributed by atoms with E-state index in [9.17, 15) is 0 Å². The first kappa shape index (κ1) is 14.3. The van der Waals surface area contributed by atoms with Gasteiger partial charge in [-0.05, 0) is 42.7 Å². The van der Waals surface area contributed by atoms with Gasteiger partial charge in [-0.3, -0.25) is 0 Å². The zero-order valence-corrected chi connectivity index (χ0v) is 11.9. The molecule has 0 radical (unpaired) electrons. The van der Waals surface area contributed by atoms with Crippen molar-refractivity contribution in [1.82, 2.24) is 0 Å². The molecular weight excluding hydrogens is 220 g/mol. The first-order valence-corrected chi connectivity index (χ1v) is 6.42. The molecule has 2 aromatic carbocycles. The predicted molar refractivity (Wildman–Crippen MR) is 79.3 cm³/mol. The zero-order chi connectivity index (χ0) is 13.5. The third kappa shape index (κ3) is 3.36. The van der Waals surface area contributed by atoms with E-state index in [1.165, 1.54) is 22.3 Å². The average Bonchev–Trinajstić information content (AvgIpc) is 2.41. The second kappa shape index (κ2) is 6.85. The van der Waals surface area contributed by atoms with E-state index in [2.05, 4.69) is 50.2 Å². The highest BCUT2D eigenvalue weighted by molar-refractivity contribution is 5.66. The molecule has 0 saturated carbocycles. The van der Waals surface area contributed by atoms with Crippen molar-refractivity contribution in [1.29, 1.82) is 0 Å². The molecule has 0 aliphatic carbocycles. The molecule has 0 atom stereocenters. The summed E-state index contributed by atoms with van der Waals surface area (Å²) in [6.07, 6.45) is 0.